The van der Waals surface area contributed by atoms with E-state index in [0.29, 0.717) is 0 Å². The Kier molecular flexibility index (Phi) is 4.40. The number of fused-ring (bicyclic) bond motifs is 1. The normalized spacial score (nSPS) is 19.1. The number of hydrogen-bond donors (Lipinski definition) is 1. The molecule has 1 aliphatic carbocycles. The van der Waals surface area contributed by atoms with Gasteiger partial charge in [0, 0.05) is 18.8 Å². The molecule has 1 saturated heterocycles. The van der Waals surface area contributed by atoms with E-state index in [1.807, 2.05) is 0 Å². The minimum Gasteiger partial charge on any atom is -0.355 e. The number of nitrogens with zero attached hydrogens (tertiary/aromatic N) is 3. The summed E-state index contributed by atoms with van der Waals surface area (Å²) in [4.78, 5) is 7.16. The summed E-state index contributed by atoms with van der Waals surface area (Å²) < 4.78 is 0. The van der Waals surface area contributed by atoms with E-state index in [0.717, 1.165) is 56.2 Å². The van der Waals surface area contributed by atoms with Gasteiger partial charge in [-0.3, -0.25) is 0 Å². The van der Waals surface area contributed by atoms with Gasteiger partial charge < -0.3 is 10.6 Å². The lowest BCUT2D eigenvalue weighted by Crippen LogP contribution is -2.35. The zero-order valence-corrected chi connectivity index (χ0v) is 12.6. The Bertz CT molecular complexity index is 538. The number of nitrogens with two attached hydrogens (primary N) is 1. The van der Waals surface area contributed by atoms with Crippen molar-refractivity contribution in [2.75, 3.05) is 24.5 Å². The summed E-state index contributed by atoms with van der Waals surface area (Å²) in [7, 11) is 0. The molecule has 0 atom stereocenters. The summed E-state index contributed by atoms with van der Waals surface area (Å²) in [6, 6.07) is 4.44. The topological polar surface area (TPSA) is 65.9 Å². The van der Waals surface area contributed by atoms with E-state index in [9.17, 15) is 5.26 Å². The van der Waals surface area contributed by atoms with Crippen LogP contribution in [0.4, 0.5) is 5.82 Å². The van der Waals surface area contributed by atoms with Crippen molar-refractivity contribution in [2.24, 2.45) is 11.7 Å². The summed E-state index contributed by atoms with van der Waals surface area (Å²) in [6.45, 7) is 2.79. The minimum absolute atomic E-state index is 0.745. The van der Waals surface area contributed by atoms with Crippen molar-refractivity contribution in [3.05, 3.63) is 22.9 Å². The number of hydrogen-bond acceptors (Lipinski definition) is 4. The molecule has 2 N–H and O–H groups in total. The van der Waals surface area contributed by atoms with Crippen LogP contribution in [0.1, 0.15) is 48.9 Å². The van der Waals surface area contributed by atoms with Gasteiger partial charge in [-0.1, -0.05) is 0 Å². The summed E-state index contributed by atoms with van der Waals surface area (Å²) in [5, 5.41) is 9.45. The number of aryl methyl sites for hydroxylation is 2. The highest BCUT2D eigenvalue weighted by Gasteiger charge is 2.23. The van der Waals surface area contributed by atoms with Crippen molar-refractivity contribution in [3.8, 4) is 6.07 Å². The number of pyridine rings is 1. The van der Waals surface area contributed by atoms with Crippen LogP contribution in [0.3, 0.4) is 0 Å². The molecule has 0 radical (unpaired) electrons. The highest BCUT2D eigenvalue weighted by Crippen LogP contribution is 2.29. The number of piperidine rings is 1. The molecule has 4 heteroatoms. The fourth-order valence-corrected chi connectivity index (χ4v) is 3.62. The predicted octanol–water partition coefficient (Wildman–Crippen LogP) is 2.40. The second-order valence-electron chi connectivity index (χ2n) is 6.29. The molecule has 1 fully saturated rings. The second kappa shape index (κ2) is 6.44. The van der Waals surface area contributed by atoms with Crippen LogP contribution in [-0.4, -0.2) is 24.6 Å². The van der Waals surface area contributed by atoms with Crippen LogP contribution >= 0.6 is 0 Å². The average molecular weight is 284 g/mol. The first-order chi connectivity index (χ1) is 10.3. The Morgan fingerprint density at radius 1 is 1.29 bits per heavy atom. The molecule has 4 nitrogen and oxygen atoms in total. The summed E-state index contributed by atoms with van der Waals surface area (Å²) in [5.41, 5.74) is 8.93. The second-order valence-corrected chi connectivity index (χ2v) is 6.29. The molecule has 1 aromatic rings. The first-order valence-corrected chi connectivity index (χ1v) is 8.19. The standard InChI is InChI=1S/C17H24N4/c18-8-5-13-6-9-21(10-7-13)17-15(12-19)11-14-3-1-2-4-16(14)20-17/h11,13H,1-10,18H2. The Labute approximate surface area is 127 Å². The maximum Gasteiger partial charge on any atom is 0.146 e. The van der Waals surface area contributed by atoms with E-state index in [1.54, 1.807) is 0 Å². The van der Waals surface area contributed by atoms with E-state index in [1.165, 1.54) is 36.9 Å². The molecular weight excluding hydrogens is 260 g/mol. The monoisotopic (exact) mass is 284 g/mol. The molecule has 2 aliphatic rings. The Morgan fingerprint density at radius 3 is 2.76 bits per heavy atom. The maximum absolute atomic E-state index is 9.45. The molecule has 0 saturated carbocycles. The molecule has 0 aromatic carbocycles. The van der Waals surface area contributed by atoms with Crippen molar-refractivity contribution >= 4 is 5.82 Å². The van der Waals surface area contributed by atoms with Crippen LogP contribution in [0.25, 0.3) is 0 Å². The SMILES string of the molecule is N#Cc1cc2c(nc1N1CCC(CCN)CC1)CCCC2. The molecule has 0 bridgehead atoms. The Balaban J connectivity index is 1.80. The van der Waals surface area contributed by atoms with E-state index in [4.69, 9.17) is 10.7 Å². The third-order valence-corrected chi connectivity index (χ3v) is 4.89. The van der Waals surface area contributed by atoms with Crippen molar-refractivity contribution in [1.82, 2.24) is 4.98 Å². The molecular formula is C17H24N4. The van der Waals surface area contributed by atoms with Gasteiger partial charge in [-0.05, 0) is 69.0 Å². The summed E-state index contributed by atoms with van der Waals surface area (Å²) in [6.07, 6.45) is 8.05. The highest BCUT2D eigenvalue weighted by molar-refractivity contribution is 5.56. The molecule has 1 aromatic heterocycles. The van der Waals surface area contributed by atoms with Gasteiger partial charge in [0.25, 0.3) is 0 Å². The van der Waals surface area contributed by atoms with E-state index >= 15 is 0 Å². The third kappa shape index (κ3) is 3.03. The van der Waals surface area contributed by atoms with Crippen LogP contribution in [0.5, 0.6) is 0 Å². The van der Waals surface area contributed by atoms with Gasteiger partial charge in [0.15, 0.2) is 0 Å². The molecule has 0 unspecified atom stereocenters. The van der Waals surface area contributed by atoms with E-state index < -0.39 is 0 Å². The van der Waals surface area contributed by atoms with Crippen LogP contribution in [-0.2, 0) is 12.8 Å². The first kappa shape index (κ1) is 14.3. The van der Waals surface area contributed by atoms with Crippen molar-refractivity contribution < 1.29 is 0 Å². The number of aromatic nitrogens is 1. The fourth-order valence-electron chi connectivity index (χ4n) is 3.62. The summed E-state index contributed by atoms with van der Waals surface area (Å²) in [5.74, 6) is 1.67. The summed E-state index contributed by atoms with van der Waals surface area (Å²) >= 11 is 0. The average Bonchev–Trinajstić information content (AvgIpc) is 2.54. The quantitative estimate of drug-likeness (QED) is 0.925. The van der Waals surface area contributed by atoms with Crippen LogP contribution in [0.2, 0.25) is 0 Å². The lowest BCUT2D eigenvalue weighted by Gasteiger charge is -2.33. The van der Waals surface area contributed by atoms with Crippen molar-refractivity contribution in [3.63, 3.8) is 0 Å². The number of rotatable bonds is 3. The zero-order chi connectivity index (χ0) is 14.7. The van der Waals surface area contributed by atoms with E-state index in [2.05, 4.69) is 17.0 Å². The van der Waals surface area contributed by atoms with Gasteiger partial charge in [-0.15, -0.1) is 0 Å². The molecule has 112 valence electrons. The smallest absolute Gasteiger partial charge is 0.146 e. The number of anilines is 1. The largest absolute Gasteiger partial charge is 0.355 e. The van der Waals surface area contributed by atoms with E-state index in [-0.39, 0.29) is 0 Å². The van der Waals surface area contributed by atoms with Crippen LogP contribution in [0, 0.1) is 17.2 Å². The van der Waals surface area contributed by atoms with Crippen LogP contribution in [0.15, 0.2) is 6.07 Å². The Hall–Kier alpha value is -1.60. The molecule has 21 heavy (non-hydrogen) atoms. The van der Waals surface area contributed by atoms with Crippen LogP contribution < -0.4 is 10.6 Å². The lowest BCUT2D eigenvalue weighted by atomic mass is 9.92. The fraction of sp³-hybridized carbons (Fsp3) is 0.647. The molecule has 2 heterocycles. The van der Waals surface area contributed by atoms with Gasteiger partial charge in [0.05, 0.1) is 5.56 Å². The molecule has 1 aliphatic heterocycles. The van der Waals surface area contributed by atoms with Crippen molar-refractivity contribution in [2.45, 2.75) is 44.9 Å². The maximum atomic E-state index is 9.45. The molecule has 3 rings (SSSR count). The van der Waals surface area contributed by atoms with Gasteiger partial charge in [0.1, 0.15) is 11.9 Å². The lowest BCUT2D eigenvalue weighted by molar-refractivity contribution is 0.385. The minimum atomic E-state index is 0.745. The van der Waals surface area contributed by atoms with Gasteiger partial charge in [-0.25, -0.2) is 4.98 Å². The zero-order valence-electron chi connectivity index (χ0n) is 12.6. The first-order valence-electron chi connectivity index (χ1n) is 8.19. The Morgan fingerprint density at radius 2 is 2.05 bits per heavy atom. The highest BCUT2D eigenvalue weighted by atomic mass is 15.2. The number of nitriles is 1. The van der Waals surface area contributed by atoms with Gasteiger partial charge >= 0.3 is 0 Å². The third-order valence-electron chi connectivity index (χ3n) is 4.89. The molecule has 0 spiro atoms. The molecule has 0 amide bonds. The predicted molar refractivity (Wildman–Crippen MR) is 84.2 cm³/mol. The van der Waals surface area contributed by atoms with Gasteiger partial charge in [0.2, 0.25) is 0 Å². The van der Waals surface area contributed by atoms with Crippen molar-refractivity contribution in [1.29, 1.82) is 5.26 Å². The van der Waals surface area contributed by atoms with Gasteiger partial charge in [-0.2, -0.15) is 5.26 Å².